The number of carboxylic acid groups (broad SMARTS) is 1. The maximum absolute atomic E-state index is 11.6. The number of carbonyl (C=O) groups excluding carboxylic acids is 2. The maximum Gasteiger partial charge on any atom is 0.408 e. The third-order valence-electron chi connectivity index (χ3n) is 2.66. The van der Waals surface area contributed by atoms with Crippen molar-refractivity contribution in [3.8, 4) is 0 Å². The summed E-state index contributed by atoms with van der Waals surface area (Å²) in [6.07, 6.45) is -2.36. The predicted octanol–water partition coefficient (Wildman–Crippen LogP) is 0.672. The molecule has 21 heavy (non-hydrogen) atoms. The Balaban J connectivity index is 2.84. The van der Waals surface area contributed by atoms with Gasteiger partial charge in [0.05, 0.1) is 5.97 Å². The fraction of sp³-hybridized carbons (Fsp3) is 0.467. The number of nitrogens with one attached hydrogen (secondary N) is 1. The Morgan fingerprint density at radius 3 is 2.19 bits per heavy atom. The summed E-state index contributed by atoms with van der Waals surface area (Å²) in [6.45, 7) is 6.82. The number of aliphatic hydroxyl groups is 1. The van der Waals surface area contributed by atoms with Gasteiger partial charge in [-0.1, -0.05) is 29.8 Å². The van der Waals surface area contributed by atoms with E-state index in [1.165, 1.54) is 0 Å². The monoisotopic (exact) mass is 294 g/mol. The Hall–Kier alpha value is -2.08. The highest BCUT2D eigenvalue weighted by molar-refractivity contribution is 5.79. The van der Waals surface area contributed by atoms with Crippen LogP contribution in [0, 0.1) is 6.92 Å². The van der Waals surface area contributed by atoms with Crippen LogP contribution >= 0.6 is 0 Å². The molecule has 1 aromatic carbocycles. The van der Waals surface area contributed by atoms with Crippen LogP contribution in [0.15, 0.2) is 24.3 Å². The van der Waals surface area contributed by atoms with E-state index in [2.05, 4.69) is 5.32 Å². The number of hydrogen-bond donors (Lipinski definition) is 2. The van der Waals surface area contributed by atoms with Gasteiger partial charge >= 0.3 is 6.09 Å². The third kappa shape index (κ3) is 5.43. The highest BCUT2D eigenvalue weighted by Gasteiger charge is 2.26. The zero-order valence-corrected chi connectivity index (χ0v) is 12.5. The molecule has 0 fully saturated rings. The molecular formula is C15H20NO5-. The first-order valence-electron chi connectivity index (χ1n) is 6.55. The number of rotatable bonds is 4. The van der Waals surface area contributed by atoms with Gasteiger partial charge in [-0.15, -0.1) is 0 Å². The molecule has 0 aliphatic rings. The van der Waals surface area contributed by atoms with E-state index in [0.717, 1.165) is 5.56 Å². The summed E-state index contributed by atoms with van der Waals surface area (Å²) in [6, 6.07) is 5.05. The van der Waals surface area contributed by atoms with Crippen LogP contribution in [0.3, 0.4) is 0 Å². The van der Waals surface area contributed by atoms with Crippen molar-refractivity contribution in [3.63, 3.8) is 0 Å². The molecule has 0 unspecified atom stereocenters. The van der Waals surface area contributed by atoms with Crippen LogP contribution in [0.25, 0.3) is 0 Å². The normalized spacial score (nSPS) is 14.1. The van der Waals surface area contributed by atoms with Gasteiger partial charge in [0.1, 0.15) is 17.7 Å². The van der Waals surface area contributed by atoms with Gasteiger partial charge in [0.2, 0.25) is 0 Å². The minimum Gasteiger partial charge on any atom is -0.548 e. The molecule has 0 aromatic heterocycles. The SMILES string of the molecule is Cc1ccc([C@@H](O)[C@@H](NC(=O)OC(C)(C)C)C(=O)[O-])cc1. The summed E-state index contributed by atoms with van der Waals surface area (Å²) in [5.74, 6) is -1.59. The Bertz CT molecular complexity index is 504. The van der Waals surface area contributed by atoms with E-state index in [0.29, 0.717) is 5.56 Å². The summed E-state index contributed by atoms with van der Waals surface area (Å²) in [5, 5.41) is 23.4. The lowest BCUT2D eigenvalue weighted by atomic mass is 10.0. The number of ether oxygens (including phenoxy) is 1. The third-order valence-corrected chi connectivity index (χ3v) is 2.66. The van der Waals surface area contributed by atoms with Crippen molar-refractivity contribution >= 4 is 12.1 Å². The highest BCUT2D eigenvalue weighted by Crippen LogP contribution is 2.18. The summed E-state index contributed by atoms with van der Waals surface area (Å²) < 4.78 is 4.97. The Labute approximate surface area is 123 Å². The van der Waals surface area contributed by atoms with Crippen LogP contribution < -0.4 is 10.4 Å². The molecule has 0 aliphatic carbocycles. The molecule has 0 saturated heterocycles. The van der Waals surface area contributed by atoms with Crippen LogP contribution in [-0.4, -0.2) is 28.8 Å². The predicted molar refractivity (Wildman–Crippen MR) is 74.3 cm³/mol. The van der Waals surface area contributed by atoms with E-state index in [-0.39, 0.29) is 0 Å². The van der Waals surface area contributed by atoms with Crippen LogP contribution in [0.1, 0.15) is 38.0 Å². The number of amides is 1. The number of carbonyl (C=O) groups is 2. The molecule has 1 amide bonds. The van der Waals surface area contributed by atoms with Crippen molar-refractivity contribution < 1.29 is 24.5 Å². The summed E-state index contributed by atoms with van der Waals surface area (Å²) >= 11 is 0. The number of hydrogen-bond acceptors (Lipinski definition) is 5. The van der Waals surface area contributed by atoms with Crippen molar-refractivity contribution in [3.05, 3.63) is 35.4 Å². The first-order chi connectivity index (χ1) is 9.60. The van der Waals surface area contributed by atoms with Crippen LogP contribution in [-0.2, 0) is 9.53 Å². The molecule has 2 N–H and O–H groups in total. The molecule has 2 atom stereocenters. The second kappa shape index (κ2) is 6.58. The Kier molecular flexibility index (Phi) is 5.32. The van der Waals surface area contributed by atoms with Crippen molar-refractivity contribution in [2.75, 3.05) is 0 Å². The number of benzene rings is 1. The molecule has 6 heteroatoms. The van der Waals surface area contributed by atoms with Gasteiger partial charge in [-0.3, -0.25) is 0 Å². The number of alkyl carbamates (subject to hydrolysis) is 1. The summed E-state index contributed by atoms with van der Waals surface area (Å²) in [5.41, 5.74) is 0.567. The van der Waals surface area contributed by atoms with E-state index >= 15 is 0 Å². The van der Waals surface area contributed by atoms with E-state index in [1.807, 2.05) is 6.92 Å². The van der Waals surface area contributed by atoms with Crippen LogP contribution in [0.2, 0.25) is 0 Å². The minimum absolute atomic E-state index is 0.367. The molecule has 1 rings (SSSR count). The second-order valence-electron chi connectivity index (χ2n) is 5.80. The van der Waals surface area contributed by atoms with Crippen molar-refractivity contribution in [1.29, 1.82) is 0 Å². The number of aliphatic hydroxyl groups excluding tert-OH is 1. The van der Waals surface area contributed by atoms with Crippen molar-refractivity contribution in [2.24, 2.45) is 0 Å². The van der Waals surface area contributed by atoms with Gasteiger partial charge < -0.3 is 25.1 Å². The fourth-order valence-corrected chi connectivity index (χ4v) is 1.66. The lowest BCUT2D eigenvalue weighted by Gasteiger charge is -2.27. The van der Waals surface area contributed by atoms with E-state index < -0.39 is 29.8 Å². The average Bonchev–Trinajstić information content (AvgIpc) is 2.33. The Morgan fingerprint density at radius 1 is 1.24 bits per heavy atom. The van der Waals surface area contributed by atoms with Gasteiger partial charge in [0, 0.05) is 0 Å². The highest BCUT2D eigenvalue weighted by atomic mass is 16.6. The van der Waals surface area contributed by atoms with E-state index in [4.69, 9.17) is 4.74 Å². The zero-order chi connectivity index (χ0) is 16.2. The first kappa shape index (κ1) is 17.0. The molecule has 0 radical (unpaired) electrons. The Morgan fingerprint density at radius 2 is 1.76 bits per heavy atom. The first-order valence-corrected chi connectivity index (χ1v) is 6.55. The molecule has 116 valence electrons. The molecule has 0 heterocycles. The number of aryl methyl sites for hydroxylation is 1. The second-order valence-corrected chi connectivity index (χ2v) is 5.80. The molecule has 6 nitrogen and oxygen atoms in total. The maximum atomic E-state index is 11.6. The molecule has 0 aliphatic heterocycles. The molecular weight excluding hydrogens is 274 g/mol. The lowest BCUT2D eigenvalue weighted by molar-refractivity contribution is -0.310. The smallest absolute Gasteiger partial charge is 0.408 e. The van der Waals surface area contributed by atoms with Crippen LogP contribution in [0.4, 0.5) is 4.79 Å². The standard InChI is InChI=1S/C15H21NO5/c1-9-5-7-10(8-6-9)12(17)11(13(18)19)16-14(20)21-15(2,3)4/h5-8,11-12,17H,1-4H3,(H,16,20)(H,18,19)/p-1/t11-,12-/m1/s1. The summed E-state index contributed by atoms with van der Waals surface area (Å²) in [7, 11) is 0. The molecule has 0 spiro atoms. The van der Waals surface area contributed by atoms with Gasteiger partial charge in [0.25, 0.3) is 0 Å². The fourth-order valence-electron chi connectivity index (χ4n) is 1.66. The largest absolute Gasteiger partial charge is 0.548 e. The average molecular weight is 294 g/mol. The van der Waals surface area contributed by atoms with Gasteiger partial charge in [-0.2, -0.15) is 0 Å². The topological polar surface area (TPSA) is 98.7 Å². The number of carboxylic acids is 1. The van der Waals surface area contributed by atoms with Gasteiger partial charge in [0.15, 0.2) is 0 Å². The van der Waals surface area contributed by atoms with Crippen molar-refractivity contribution in [1.82, 2.24) is 5.32 Å². The van der Waals surface area contributed by atoms with Gasteiger partial charge in [-0.05, 0) is 33.3 Å². The summed E-state index contributed by atoms with van der Waals surface area (Å²) in [4.78, 5) is 22.8. The number of aliphatic carboxylic acids is 1. The quantitative estimate of drug-likeness (QED) is 0.850. The molecule has 0 bridgehead atoms. The zero-order valence-electron chi connectivity index (χ0n) is 12.5. The lowest BCUT2D eigenvalue weighted by Crippen LogP contribution is -2.52. The van der Waals surface area contributed by atoms with Crippen LogP contribution in [0.5, 0.6) is 0 Å². The van der Waals surface area contributed by atoms with Gasteiger partial charge in [-0.25, -0.2) is 4.79 Å². The molecule has 1 aromatic rings. The minimum atomic E-state index is -1.59. The van der Waals surface area contributed by atoms with E-state index in [9.17, 15) is 19.8 Å². The molecule has 0 saturated carbocycles. The van der Waals surface area contributed by atoms with Crippen molar-refractivity contribution in [2.45, 2.75) is 45.4 Å². The van der Waals surface area contributed by atoms with E-state index in [1.54, 1.807) is 45.0 Å².